The lowest BCUT2D eigenvalue weighted by Crippen LogP contribution is -2.43. The number of ether oxygens (including phenoxy) is 1. The fraction of sp³-hybridized carbons (Fsp3) is 0.929. The van der Waals surface area contributed by atoms with Gasteiger partial charge in [0.25, 0.3) is 0 Å². The van der Waals surface area contributed by atoms with Gasteiger partial charge in [-0.1, -0.05) is 0 Å². The van der Waals surface area contributed by atoms with Gasteiger partial charge in [-0.05, 0) is 52.4 Å². The van der Waals surface area contributed by atoms with Crippen LogP contribution >= 0.6 is 0 Å². The van der Waals surface area contributed by atoms with Gasteiger partial charge in [0.2, 0.25) is 0 Å². The van der Waals surface area contributed by atoms with Crippen LogP contribution in [-0.2, 0) is 4.74 Å². The van der Waals surface area contributed by atoms with Crippen molar-refractivity contribution in [2.45, 2.75) is 58.2 Å². The number of alkyl halides is 1. The van der Waals surface area contributed by atoms with Crippen molar-refractivity contribution in [1.29, 1.82) is 0 Å². The molecule has 19 heavy (non-hydrogen) atoms. The summed E-state index contributed by atoms with van der Waals surface area (Å²) in [5, 5.41) is 0. The van der Waals surface area contributed by atoms with E-state index in [1.165, 1.54) is 0 Å². The summed E-state index contributed by atoms with van der Waals surface area (Å²) in [5.41, 5.74) is 4.81. The van der Waals surface area contributed by atoms with Crippen LogP contribution in [0.1, 0.15) is 46.5 Å². The standard InChI is InChI=1S/C14H27FN2O2/c1-14(2,3)19-13(18)17-8-4-5-11(10-17)6-7-12(15)9-16/h11-12H,4-10,16H2,1-3H3. The molecule has 1 rings (SSSR count). The molecule has 0 spiro atoms. The Bertz CT molecular complexity index is 292. The number of carbonyl (C=O) groups excluding carboxylic acids is 1. The summed E-state index contributed by atoms with van der Waals surface area (Å²) in [7, 11) is 0. The zero-order chi connectivity index (χ0) is 14.5. The molecular formula is C14H27FN2O2. The smallest absolute Gasteiger partial charge is 0.410 e. The molecule has 5 heteroatoms. The first-order valence-corrected chi connectivity index (χ1v) is 7.14. The lowest BCUT2D eigenvalue weighted by Gasteiger charge is -2.34. The highest BCUT2D eigenvalue weighted by Gasteiger charge is 2.27. The number of carbonyl (C=O) groups is 1. The van der Waals surface area contributed by atoms with Crippen LogP contribution in [0.25, 0.3) is 0 Å². The lowest BCUT2D eigenvalue weighted by atomic mass is 9.92. The molecule has 0 aromatic heterocycles. The minimum Gasteiger partial charge on any atom is -0.444 e. The quantitative estimate of drug-likeness (QED) is 0.857. The van der Waals surface area contributed by atoms with Crippen LogP contribution in [0, 0.1) is 5.92 Å². The summed E-state index contributed by atoms with van der Waals surface area (Å²) in [6, 6.07) is 0. The molecule has 1 fully saturated rings. The van der Waals surface area contributed by atoms with Crippen LogP contribution in [0.2, 0.25) is 0 Å². The molecule has 0 aromatic rings. The minimum atomic E-state index is -0.920. The van der Waals surface area contributed by atoms with Gasteiger partial charge in [-0.2, -0.15) is 0 Å². The van der Waals surface area contributed by atoms with Gasteiger partial charge in [-0.15, -0.1) is 0 Å². The maximum atomic E-state index is 13.1. The summed E-state index contributed by atoms with van der Waals surface area (Å²) in [5.74, 6) is 0.367. The number of halogens is 1. The third kappa shape index (κ3) is 6.23. The molecule has 1 amide bonds. The second-order valence-corrected chi connectivity index (χ2v) is 6.34. The minimum absolute atomic E-state index is 0.0858. The number of hydrogen-bond donors (Lipinski definition) is 1. The number of piperidine rings is 1. The maximum absolute atomic E-state index is 13.1. The van der Waals surface area contributed by atoms with Crippen molar-refractivity contribution in [2.24, 2.45) is 11.7 Å². The summed E-state index contributed by atoms with van der Waals surface area (Å²) >= 11 is 0. The van der Waals surface area contributed by atoms with Crippen LogP contribution in [0.3, 0.4) is 0 Å². The molecule has 0 saturated carbocycles. The topological polar surface area (TPSA) is 55.6 Å². The molecule has 2 N–H and O–H groups in total. The fourth-order valence-corrected chi connectivity index (χ4v) is 2.33. The summed E-state index contributed by atoms with van der Waals surface area (Å²) in [6.45, 7) is 7.08. The Kier molecular flexibility index (Phi) is 6.04. The first-order valence-electron chi connectivity index (χ1n) is 7.14. The number of likely N-dealkylation sites (tertiary alicyclic amines) is 1. The second-order valence-electron chi connectivity index (χ2n) is 6.34. The largest absolute Gasteiger partial charge is 0.444 e. The molecule has 1 saturated heterocycles. The Hall–Kier alpha value is -0.840. The van der Waals surface area contributed by atoms with Gasteiger partial charge in [-0.3, -0.25) is 0 Å². The van der Waals surface area contributed by atoms with Crippen molar-refractivity contribution in [1.82, 2.24) is 4.90 Å². The molecule has 2 atom stereocenters. The number of nitrogens with two attached hydrogens (primary N) is 1. The zero-order valence-corrected chi connectivity index (χ0v) is 12.3. The van der Waals surface area contributed by atoms with Crippen molar-refractivity contribution in [3.05, 3.63) is 0 Å². The Morgan fingerprint density at radius 2 is 2.21 bits per heavy atom. The van der Waals surface area contributed by atoms with Crippen LogP contribution in [0.4, 0.5) is 9.18 Å². The number of rotatable bonds is 4. The number of hydrogen-bond acceptors (Lipinski definition) is 3. The molecule has 0 aliphatic carbocycles. The molecule has 0 bridgehead atoms. The first-order chi connectivity index (χ1) is 8.81. The number of amides is 1. The zero-order valence-electron chi connectivity index (χ0n) is 12.3. The van der Waals surface area contributed by atoms with Crippen LogP contribution in [0.15, 0.2) is 0 Å². The normalized spacial score (nSPS) is 22.2. The van der Waals surface area contributed by atoms with E-state index in [0.29, 0.717) is 18.9 Å². The average molecular weight is 274 g/mol. The summed E-state index contributed by atoms with van der Waals surface area (Å²) in [4.78, 5) is 13.7. The van der Waals surface area contributed by atoms with E-state index in [0.717, 1.165) is 25.8 Å². The third-order valence-electron chi connectivity index (χ3n) is 3.31. The molecule has 2 unspecified atom stereocenters. The molecule has 0 aromatic carbocycles. The first kappa shape index (κ1) is 16.2. The molecule has 1 heterocycles. The van der Waals surface area contributed by atoms with Crippen LogP contribution in [0.5, 0.6) is 0 Å². The van der Waals surface area contributed by atoms with E-state index in [4.69, 9.17) is 10.5 Å². The molecule has 112 valence electrons. The second kappa shape index (κ2) is 7.08. The maximum Gasteiger partial charge on any atom is 0.410 e. The van der Waals surface area contributed by atoms with Crippen LogP contribution < -0.4 is 5.73 Å². The van der Waals surface area contributed by atoms with E-state index in [2.05, 4.69) is 0 Å². The Balaban J connectivity index is 2.39. The van der Waals surface area contributed by atoms with Gasteiger partial charge in [0.05, 0.1) is 0 Å². The fourth-order valence-electron chi connectivity index (χ4n) is 2.33. The Morgan fingerprint density at radius 3 is 2.79 bits per heavy atom. The monoisotopic (exact) mass is 274 g/mol. The molecule has 1 aliphatic rings. The average Bonchev–Trinajstić information content (AvgIpc) is 2.34. The predicted molar refractivity (Wildman–Crippen MR) is 73.7 cm³/mol. The van der Waals surface area contributed by atoms with Gasteiger partial charge in [0.1, 0.15) is 11.8 Å². The van der Waals surface area contributed by atoms with Crippen molar-refractivity contribution in [3.8, 4) is 0 Å². The number of nitrogens with zero attached hydrogens (tertiary/aromatic N) is 1. The van der Waals surface area contributed by atoms with E-state index in [9.17, 15) is 9.18 Å². The lowest BCUT2D eigenvalue weighted by molar-refractivity contribution is 0.0158. The molecule has 0 radical (unpaired) electrons. The van der Waals surface area contributed by atoms with E-state index in [1.54, 1.807) is 4.90 Å². The van der Waals surface area contributed by atoms with E-state index >= 15 is 0 Å². The van der Waals surface area contributed by atoms with Crippen LogP contribution in [-0.4, -0.2) is 42.4 Å². The molecule has 4 nitrogen and oxygen atoms in total. The summed E-state index contributed by atoms with van der Waals surface area (Å²) < 4.78 is 18.5. The molecular weight excluding hydrogens is 247 g/mol. The van der Waals surface area contributed by atoms with Gasteiger partial charge < -0.3 is 15.4 Å². The van der Waals surface area contributed by atoms with Crippen molar-refractivity contribution in [2.75, 3.05) is 19.6 Å². The van der Waals surface area contributed by atoms with Gasteiger partial charge in [-0.25, -0.2) is 9.18 Å². The molecule has 1 aliphatic heterocycles. The highest BCUT2D eigenvalue weighted by Crippen LogP contribution is 2.23. The SMILES string of the molecule is CC(C)(C)OC(=O)N1CCCC(CCC(F)CN)C1. The van der Waals surface area contributed by atoms with Crippen molar-refractivity contribution >= 4 is 6.09 Å². The van der Waals surface area contributed by atoms with E-state index in [-0.39, 0.29) is 12.6 Å². The van der Waals surface area contributed by atoms with Crippen molar-refractivity contribution in [3.63, 3.8) is 0 Å². The highest BCUT2D eigenvalue weighted by atomic mass is 19.1. The highest BCUT2D eigenvalue weighted by molar-refractivity contribution is 5.68. The Labute approximate surface area is 115 Å². The van der Waals surface area contributed by atoms with Gasteiger partial charge in [0.15, 0.2) is 0 Å². The third-order valence-corrected chi connectivity index (χ3v) is 3.31. The van der Waals surface area contributed by atoms with E-state index in [1.807, 2.05) is 20.8 Å². The predicted octanol–water partition coefficient (Wildman–Crippen LogP) is 2.71. The van der Waals surface area contributed by atoms with E-state index < -0.39 is 11.8 Å². The van der Waals surface area contributed by atoms with Gasteiger partial charge >= 0.3 is 6.09 Å². The Morgan fingerprint density at radius 1 is 1.53 bits per heavy atom. The van der Waals surface area contributed by atoms with Crippen molar-refractivity contribution < 1.29 is 13.9 Å². The van der Waals surface area contributed by atoms with Gasteiger partial charge in [0, 0.05) is 19.6 Å². The summed E-state index contributed by atoms with van der Waals surface area (Å²) in [6.07, 6.45) is 2.12.